The molecule has 0 saturated heterocycles. The summed E-state index contributed by atoms with van der Waals surface area (Å²) in [5.74, 6) is 3.08. The van der Waals surface area contributed by atoms with Gasteiger partial charge in [0.1, 0.15) is 10.0 Å². The highest BCUT2D eigenvalue weighted by Crippen LogP contribution is 2.33. The molecule has 0 aliphatic rings. The third-order valence-corrected chi connectivity index (χ3v) is 7.81. The van der Waals surface area contributed by atoms with Crippen LogP contribution in [0.25, 0.3) is 4.13 Å². The summed E-state index contributed by atoms with van der Waals surface area (Å²) in [6, 6.07) is 13.8. The van der Waals surface area contributed by atoms with Crippen LogP contribution >= 0.6 is 0 Å². The van der Waals surface area contributed by atoms with E-state index in [1.807, 2.05) is 37.3 Å². The first kappa shape index (κ1) is 27.2. The predicted octanol–water partition coefficient (Wildman–Crippen LogP) is 4.78. The van der Waals surface area contributed by atoms with Gasteiger partial charge >= 0.3 is 5.51 Å². The van der Waals surface area contributed by atoms with Gasteiger partial charge in [-0.05, 0) is 52.5 Å². The summed E-state index contributed by atoms with van der Waals surface area (Å²) >= 11 is 0. The van der Waals surface area contributed by atoms with Crippen molar-refractivity contribution in [2.45, 2.75) is 30.2 Å². The molecule has 3 rings (SSSR count). The lowest BCUT2D eigenvalue weighted by atomic mass is 10.3. The fourth-order valence-electron chi connectivity index (χ4n) is 2.68. The number of alkyl halides is 3. The molecule has 1 heterocycles. The lowest BCUT2D eigenvalue weighted by Gasteiger charge is -2.26. The maximum Gasteiger partial charge on any atom is 0.447 e. The fourth-order valence-corrected chi connectivity index (χ4v) is 5.11. The monoisotopic (exact) mass is 542 g/mol. The van der Waals surface area contributed by atoms with E-state index in [1.165, 1.54) is 12.1 Å². The Morgan fingerprint density at radius 1 is 0.861 bits per heavy atom. The van der Waals surface area contributed by atoms with Gasteiger partial charge in [0.05, 0.1) is 0 Å². The second-order valence-corrected chi connectivity index (χ2v) is 11.1. The van der Waals surface area contributed by atoms with E-state index in [9.17, 15) is 25.8 Å². The number of sulfonamides is 1. The minimum atomic E-state index is -5.39. The Labute approximate surface area is 207 Å². The van der Waals surface area contributed by atoms with Crippen LogP contribution in [0, 0.1) is 0 Å². The van der Waals surface area contributed by atoms with Crippen molar-refractivity contribution in [3.8, 4) is 0 Å². The molecule has 0 bridgehead atoms. The molecule has 3 aromatic rings. The second-order valence-electron chi connectivity index (χ2n) is 7.36. The molecule has 0 radical (unpaired) electrons. The molecule has 10 nitrogen and oxygen atoms in total. The highest BCUT2D eigenvalue weighted by molar-refractivity contribution is 8.17. The SMILES string of the molecule is C=S(=O)([N-]S(=O)(=O)c1ccc(Nc2nc(NCCCC)nc(Nc3ccccc3)n2)cc1)C(F)(F)F. The number of rotatable bonds is 11. The zero-order valence-electron chi connectivity index (χ0n) is 19.0. The zero-order chi connectivity index (χ0) is 26.4. The van der Waals surface area contributed by atoms with E-state index in [-0.39, 0.29) is 11.9 Å². The topological polar surface area (TPSA) is 140 Å². The molecular formula is C21H23F3N7O3S2-. The molecule has 36 heavy (non-hydrogen) atoms. The van der Waals surface area contributed by atoms with E-state index in [4.69, 9.17) is 0 Å². The van der Waals surface area contributed by atoms with Crippen molar-refractivity contribution in [3.63, 3.8) is 0 Å². The van der Waals surface area contributed by atoms with Crippen LogP contribution in [0.4, 0.5) is 42.4 Å². The summed E-state index contributed by atoms with van der Waals surface area (Å²) in [5.41, 5.74) is -4.32. The van der Waals surface area contributed by atoms with Crippen molar-refractivity contribution >= 4 is 54.8 Å². The normalized spacial score (nSPS) is 13.6. The molecule has 0 amide bonds. The lowest BCUT2D eigenvalue weighted by molar-refractivity contribution is -0.0383. The van der Waals surface area contributed by atoms with Gasteiger partial charge in [-0.3, -0.25) is 4.21 Å². The van der Waals surface area contributed by atoms with Crippen molar-refractivity contribution in [2.24, 2.45) is 0 Å². The highest BCUT2D eigenvalue weighted by atomic mass is 32.3. The summed E-state index contributed by atoms with van der Waals surface area (Å²) in [6.07, 6.45) is 1.86. The first-order chi connectivity index (χ1) is 16.9. The van der Waals surface area contributed by atoms with E-state index >= 15 is 0 Å². The quantitative estimate of drug-likeness (QED) is 0.231. The van der Waals surface area contributed by atoms with E-state index in [0.717, 1.165) is 30.7 Å². The lowest BCUT2D eigenvalue weighted by Crippen LogP contribution is -2.23. The van der Waals surface area contributed by atoms with E-state index in [1.54, 1.807) is 0 Å². The third-order valence-electron chi connectivity index (χ3n) is 4.47. The molecular weight excluding hydrogens is 519 g/mol. The average molecular weight is 543 g/mol. The van der Waals surface area contributed by atoms with Crippen LogP contribution in [0.2, 0.25) is 0 Å². The number of halogens is 3. The van der Waals surface area contributed by atoms with Gasteiger partial charge in [0.15, 0.2) is 0 Å². The Morgan fingerprint density at radius 2 is 1.39 bits per heavy atom. The van der Waals surface area contributed by atoms with Gasteiger partial charge in [-0.2, -0.15) is 28.1 Å². The molecule has 2 aromatic carbocycles. The summed E-state index contributed by atoms with van der Waals surface area (Å²) in [4.78, 5) is 12.4. The van der Waals surface area contributed by atoms with Gasteiger partial charge in [-0.15, -0.1) is 0 Å². The number of anilines is 5. The van der Waals surface area contributed by atoms with Crippen LogP contribution in [0.15, 0.2) is 59.5 Å². The van der Waals surface area contributed by atoms with Gasteiger partial charge in [0.2, 0.25) is 17.8 Å². The van der Waals surface area contributed by atoms with E-state index < -0.39 is 30.1 Å². The summed E-state index contributed by atoms with van der Waals surface area (Å²) in [5, 5.41) is 9.06. The predicted molar refractivity (Wildman–Crippen MR) is 135 cm³/mol. The molecule has 0 fully saturated rings. The number of unbranched alkanes of at least 4 members (excludes halogenated alkanes) is 1. The van der Waals surface area contributed by atoms with Crippen LogP contribution in [0.5, 0.6) is 0 Å². The number of nitrogens with one attached hydrogen (secondary N) is 3. The van der Waals surface area contributed by atoms with Crippen LogP contribution < -0.4 is 16.0 Å². The van der Waals surface area contributed by atoms with Crippen molar-refractivity contribution in [2.75, 3.05) is 22.5 Å². The van der Waals surface area contributed by atoms with Crippen molar-refractivity contribution in [1.82, 2.24) is 15.0 Å². The summed E-state index contributed by atoms with van der Waals surface area (Å²) in [6.45, 7) is 2.67. The van der Waals surface area contributed by atoms with Crippen molar-refractivity contribution in [3.05, 3.63) is 58.7 Å². The number of benzene rings is 2. The summed E-state index contributed by atoms with van der Waals surface area (Å²) < 4.78 is 76.7. The molecule has 1 atom stereocenters. The van der Waals surface area contributed by atoms with E-state index in [0.29, 0.717) is 18.2 Å². The van der Waals surface area contributed by atoms with Gasteiger partial charge < -0.3 is 20.1 Å². The number of para-hydroxylation sites is 1. The molecule has 194 valence electrons. The molecule has 1 unspecified atom stereocenters. The van der Waals surface area contributed by atoms with Crippen LogP contribution in [-0.2, 0) is 19.7 Å². The minimum Gasteiger partial charge on any atom is -0.458 e. The third kappa shape index (κ3) is 7.29. The smallest absolute Gasteiger partial charge is 0.447 e. The maximum atomic E-state index is 12.8. The Balaban J connectivity index is 1.82. The molecule has 3 N–H and O–H groups in total. The van der Waals surface area contributed by atoms with Gasteiger partial charge in [0.25, 0.3) is 0 Å². The van der Waals surface area contributed by atoms with Crippen molar-refractivity contribution in [1.29, 1.82) is 0 Å². The first-order valence-corrected chi connectivity index (χ1v) is 13.6. The highest BCUT2D eigenvalue weighted by Gasteiger charge is 2.35. The minimum absolute atomic E-state index is 0.126. The largest absolute Gasteiger partial charge is 0.458 e. The van der Waals surface area contributed by atoms with Gasteiger partial charge in [-0.1, -0.05) is 37.4 Å². The van der Waals surface area contributed by atoms with Crippen LogP contribution in [-0.4, -0.2) is 45.5 Å². The van der Waals surface area contributed by atoms with Crippen molar-refractivity contribution < 1.29 is 25.8 Å². The number of aromatic nitrogens is 3. The second kappa shape index (κ2) is 11.1. The Bertz CT molecular complexity index is 1380. The molecule has 0 aliphatic heterocycles. The molecule has 1 aromatic heterocycles. The van der Waals surface area contributed by atoms with Gasteiger partial charge in [0, 0.05) is 22.8 Å². The Hall–Kier alpha value is -3.43. The van der Waals surface area contributed by atoms with Crippen LogP contribution in [0.1, 0.15) is 19.8 Å². The Morgan fingerprint density at radius 3 is 1.92 bits per heavy atom. The molecule has 0 saturated carbocycles. The zero-order valence-corrected chi connectivity index (χ0v) is 20.6. The molecule has 0 spiro atoms. The van der Waals surface area contributed by atoms with Crippen LogP contribution in [0.3, 0.4) is 0 Å². The average Bonchev–Trinajstić information content (AvgIpc) is 2.79. The van der Waals surface area contributed by atoms with E-state index in [2.05, 4.69) is 40.9 Å². The van der Waals surface area contributed by atoms with Gasteiger partial charge in [-0.25, -0.2) is 8.42 Å². The fraction of sp³-hybridized carbons (Fsp3) is 0.238. The number of hydrogen-bond acceptors (Lipinski definition) is 9. The number of hydrogen-bond donors (Lipinski definition) is 3. The first-order valence-electron chi connectivity index (χ1n) is 10.5. The molecule has 0 aliphatic carbocycles. The number of nitrogens with zero attached hydrogens (tertiary/aromatic N) is 4. The maximum absolute atomic E-state index is 12.8. The Kier molecular flexibility index (Phi) is 8.37. The standard InChI is InChI=1S/C21H23F3N7O3S2/c1-3-4-14-25-18-28-19(26-15-8-6-5-7-9-15)30-20(29-18)27-16-10-12-17(13-11-16)36(33,34)31-35(2,32)21(22,23)24/h5-13H,2-4,14H2,1H3,(H3-,25,26,27,28,29,30,31,32)/q-1. The summed E-state index contributed by atoms with van der Waals surface area (Å²) in [7, 11) is -10.1. The molecule has 15 heteroatoms.